The van der Waals surface area contributed by atoms with Gasteiger partial charge >= 0.3 is 0 Å². The van der Waals surface area contributed by atoms with Gasteiger partial charge < -0.3 is 20.7 Å². The topological polar surface area (TPSA) is 80.5 Å². The number of anilines is 1. The Morgan fingerprint density at radius 2 is 2.19 bits per heavy atom. The second kappa shape index (κ2) is 9.31. The molecule has 0 aliphatic heterocycles. The fourth-order valence-corrected chi connectivity index (χ4v) is 2.15. The minimum Gasteiger partial charge on any atom is -0.383 e. The first-order valence-electron chi connectivity index (χ1n) is 7.37. The van der Waals surface area contributed by atoms with Crippen LogP contribution in [0, 0.1) is 0 Å². The zero-order chi connectivity index (χ0) is 15.7. The number of methoxy groups -OCH3 is 1. The zero-order valence-electron chi connectivity index (χ0n) is 13.1. The normalized spacial score (nSPS) is 12.0. The third-order valence-electron chi connectivity index (χ3n) is 3.28. The van der Waals surface area contributed by atoms with Gasteiger partial charge in [0, 0.05) is 32.1 Å². The van der Waals surface area contributed by atoms with Crippen molar-refractivity contribution in [1.82, 2.24) is 9.88 Å². The lowest BCUT2D eigenvalue weighted by Crippen LogP contribution is -2.31. The molecule has 1 aromatic rings. The third kappa shape index (κ3) is 5.32. The lowest BCUT2D eigenvalue weighted by atomic mass is 10.2. The molecular formula is C15H26N4O2. The van der Waals surface area contributed by atoms with E-state index in [9.17, 15) is 4.79 Å². The van der Waals surface area contributed by atoms with Crippen LogP contribution in [0.1, 0.15) is 30.8 Å². The van der Waals surface area contributed by atoms with Crippen molar-refractivity contribution < 1.29 is 9.53 Å². The van der Waals surface area contributed by atoms with Crippen molar-refractivity contribution in [3.05, 3.63) is 24.0 Å². The Kier molecular flexibility index (Phi) is 7.71. The van der Waals surface area contributed by atoms with Crippen molar-refractivity contribution in [2.75, 3.05) is 38.7 Å². The number of hydrogen-bond acceptors (Lipinski definition) is 5. The SMILES string of the molecule is CCN(CC)C(=O)c1cc(NC(CCN)COC)ccn1. The summed E-state index contributed by atoms with van der Waals surface area (Å²) in [6, 6.07) is 3.75. The molecule has 6 heteroatoms. The largest absolute Gasteiger partial charge is 0.383 e. The smallest absolute Gasteiger partial charge is 0.272 e. The van der Waals surface area contributed by atoms with Gasteiger partial charge in [-0.05, 0) is 38.9 Å². The number of nitrogens with two attached hydrogens (primary N) is 1. The monoisotopic (exact) mass is 294 g/mol. The number of carbonyl (C=O) groups excluding carboxylic acids is 1. The molecule has 0 fully saturated rings. The third-order valence-corrected chi connectivity index (χ3v) is 3.28. The molecule has 1 heterocycles. The van der Waals surface area contributed by atoms with E-state index in [1.54, 1.807) is 24.3 Å². The number of amides is 1. The van der Waals surface area contributed by atoms with Crippen molar-refractivity contribution in [1.29, 1.82) is 0 Å². The zero-order valence-corrected chi connectivity index (χ0v) is 13.1. The molecule has 0 saturated carbocycles. The number of pyridine rings is 1. The quantitative estimate of drug-likeness (QED) is 0.718. The number of carbonyl (C=O) groups is 1. The lowest BCUT2D eigenvalue weighted by Gasteiger charge is -2.20. The maximum absolute atomic E-state index is 12.3. The maximum Gasteiger partial charge on any atom is 0.272 e. The molecule has 1 amide bonds. The lowest BCUT2D eigenvalue weighted by molar-refractivity contribution is 0.0767. The van der Waals surface area contributed by atoms with Crippen LogP contribution in [0.4, 0.5) is 5.69 Å². The van der Waals surface area contributed by atoms with Gasteiger partial charge in [0.2, 0.25) is 0 Å². The summed E-state index contributed by atoms with van der Waals surface area (Å²) in [6.45, 7) is 6.41. The van der Waals surface area contributed by atoms with Crippen molar-refractivity contribution in [3.8, 4) is 0 Å². The molecule has 0 spiro atoms. The molecule has 1 aromatic heterocycles. The van der Waals surface area contributed by atoms with E-state index >= 15 is 0 Å². The maximum atomic E-state index is 12.3. The highest BCUT2D eigenvalue weighted by molar-refractivity contribution is 5.93. The van der Waals surface area contributed by atoms with Crippen LogP contribution in [-0.2, 0) is 4.74 Å². The second-order valence-electron chi connectivity index (χ2n) is 4.78. The number of ether oxygens (including phenoxy) is 1. The first kappa shape index (κ1) is 17.4. The summed E-state index contributed by atoms with van der Waals surface area (Å²) < 4.78 is 5.17. The van der Waals surface area contributed by atoms with Gasteiger partial charge in [0.25, 0.3) is 5.91 Å². The molecule has 0 radical (unpaired) electrons. The highest BCUT2D eigenvalue weighted by atomic mass is 16.5. The fraction of sp³-hybridized carbons (Fsp3) is 0.600. The average Bonchev–Trinajstić information content (AvgIpc) is 2.49. The first-order chi connectivity index (χ1) is 10.2. The predicted molar refractivity (Wildman–Crippen MR) is 84.4 cm³/mol. The van der Waals surface area contributed by atoms with Crippen LogP contribution in [0.5, 0.6) is 0 Å². The molecule has 0 saturated heterocycles. The van der Waals surface area contributed by atoms with Gasteiger partial charge in [0.15, 0.2) is 0 Å². The minimum atomic E-state index is -0.0502. The number of rotatable bonds is 9. The van der Waals surface area contributed by atoms with Crippen LogP contribution in [0.25, 0.3) is 0 Å². The summed E-state index contributed by atoms with van der Waals surface area (Å²) in [7, 11) is 1.66. The summed E-state index contributed by atoms with van der Waals surface area (Å²) in [6.07, 6.45) is 2.45. The molecule has 6 nitrogen and oxygen atoms in total. The summed E-state index contributed by atoms with van der Waals surface area (Å²) in [5.41, 5.74) is 6.91. The van der Waals surface area contributed by atoms with E-state index in [0.717, 1.165) is 12.1 Å². The molecular weight excluding hydrogens is 268 g/mol. The standard InChI is InChI=1S/C15H26N4O2/c1-4-19(5-2)15(20)14-10-12(7-9-17-14)18-13(6-8-16)11-21-3/h7,9-10,13H,4-6,8,11,16H2,1-3H3,(H,17,18). The first-order valence-corrected chi connectivity index (χ1v) is 7.37. The highest BCUT2D eigenvalue weighted by Crippen LogP contribution is 2.12. The van der Waals surface area contributed by atoms with Crippen molar-refractivity contribution in [3.63, 3.8) is 0 Å². The van der Waals surface area contributed by atoms with Crippen molar-refractivity contribution >= 4 is 11.6 Å². The van der Waals surface area contributed by atoms with Gasteiger partial charge in [-0.1, -0.05) is 0 Å². The van der Waals surface area contributed by atoms with E-state index in [0.29, 0.717) is 31.9 Å². The minimum absolute atomic E-state index is 0.0502. The Labute approximate surface area is 126 Å². The molecule has 0 bridgehead atoms. The van der Waals surface area contributed by atoms with E-state index in [4.69, 9.17) is 10.5 Å². The molecule has 1 atom stereocenters. The number of hydrogen-bond donors (Lipinski definition) is 2. The summed E-state index contributed by atoms with van der Waals surface area (Å²) >= 11 is 0. The van der Waals surface area contributed by atoms with E-state index in [1.165, 1.54) is 0 Å². The van der Waals surface area contributed by atoms with E-state index < -0.39 is 0 Å². The Morgan fingerprint density at radius 1 is 1.48 bits per heavy atom. The molecule has 0 aliphatic rings. The van der Waals surface area contributed by atoms with Gasteiger partial charge in [-0.3, -0.25) is 9.78 Å². The van der Waals surface area contributed by atoms with Crippen LogP contribution < -0.4 is 11.1 Å². The van der Waals surface area contributed by atoms with Gasteiger partial charge in [-0.2, -0.15) is 0 Å². The molecule has 118 valence electrons. The van der Waals surface area contributed by atoms with Gasteiger partial charge in [0.1, 0.15) is 5.69 Å². The number of nitrogens with zero attached hydrogens (tertiary/aromatic N) is 2. The average molecular weight is 294 g/mol. The Hall–Kier alpha value is -1.66. The molecule has 1 rings (SSSR count). The molecule has 1 unspecified atom stereocenters. The molecule has 0 aromatic carbocycles. The molecule has 3 N–H and O–H groups in total. The van der Waals surface area contributed by atoms with Gasteiger partial charge in [0.05, 0.1) is 12.6 Å². The summed E-state index contributed by atoms with van der Waals surface area (Å²) in [5.74, 6) is -0.0502. The van der Waals surface area contributed by atoms with Crippen LogP contribution in [0.3, 0.4) is 0 Å². The molecule has 21 heavy (non-hydrogen) atoms. The van der Waals surface area contributed by atoms with Gasteiger partial charge in [-0.25, -0.2) is 0 Å². The van der Waals surface area contributed by atoms with Crippen LogP contribution in [-0.4, -0.2) is 55.2 Å². The summed E-state index contributed by atoms with van der Waals surface area (Å²) in [5, 5.41) is 3.34. The second-order valence-corrected chi connectivity index (χ2v) is 4.78. The Balaban J connectivity index is 2.81. The Morgan fingerprint density at radius 3 is 2.76 bits per heavy atom. The fourth-order valence-electron chi connectivity index (χ4n) is 2.15. The summed E-state index contributed by atoms with van der Waals surface area (Å²) in [4.78, 5) is 18.2. The van der Waals surface area contributed by atoms with Gasteiger partial charge in [-0.15, -0.1) is 0 Å². The van der Waals surface area contributed by atoms with E-state index in [1.807, 2.05) is 19.9 Å². The number of nitrogens with one attached hydrogen (secondary N) is 1. The highest BCUT2D eigenvalue weighted by Gasteiger charge is 2.15. The van der Waals surface area contributed by atoms with Crippen molar-refractivity contribution in [2.24, 2.45) is 5.73 Å². The Bertz CT molecular complexity index is 429. The van der Waals surface area contributed by atoms with E-state index in [2.05, 4.69) is 10.3 Å². The number of aromatic nitrogens is 1. The predicted octanol–water partition coefficient (Wildman–Crippen LogP) is 1.34. The van der Waals surface area contributed by atoms with Crippen molar-refractivity contribution in [2.45, 2.75) is 26.3 Å². The van der Waals surface area contributed by atoms with Crippen LogP contribution in [0.15, 0.2) is 18.3 Å². The van der Waals surface area contributed by atoms with Crippen LogP contribution in [0.2, 0.25) is 0 Å². The molecule has 0 aliphatic carbocycles. The van der Waals surface area contributed by atoms with Crippen LogP contribution >= 0.6 is 0 Å². The van der Waals surface area contributed by atoms with E-state index in [-0.39, 0.29) is 11.9 Å².